The number of hydrogen-bond acceptors (Lipinski definition) is 4. The van der Waals surface area contributed by atoms with E-state index in [-0.39, 0.29) is 12.1 Å². The lowest BCUT2D eigenvalue weighted by Crippen LogP contribution is -2.42. The highest BCUT2D eigenvalue weighted by Crippen LogP contribution is 2.25. The summed E-state index contributed by atoms with van der Waals surface area (Å²) in [4.78, 5) is 2.36. The fourth-order valence-corrected chi connectivity index (χ4v) is 3.21. The quantitative estimate of drug-likeness (QED) is 0.926. The Morgan fingerprint density at radius 1 is 1.33 bits per heavy atom. The van der Waals surface area contributed by atoms with Gasteiger partial charge in [0, 0.05) is 30.9 Å². The Bertz CT molecular complexity index is 466. The van der Waals surface area contributed by atoms with E-state index in [2.05, 4.69) is 30.0 Å². The van der Waals surface area contributed by atoms with Crippen LogP contribution in [0.4, 0.5) is 5.69 Å². The minimum Gasteiger partial charge on any atom is -0.491 e. The molecule has 4 heteroatoms. The van der Waals surface area contributed by atoms with Crippen LogP contribution in [0.25, 0.3) is 0 Å². The average Bonchev–Trinajstić information content (AvgIpc) is 2.91. The molecule has 0 amide bonds. The van der Waals surface area contributed by atoms with Gasteiger partial charge < -0.3 is 20.1 Å². The molecule has 3 atom stereocenters. The topological polar surface area (TPSA) is 47.7 Å². The van der Waals surface area contributed by atoms with Crippen LogP contribution in [0.15, 0.2) is 24.3 Å². The van der Waals surface area contributed by atoms with Crippen LogP contribution in [0.2, 0.25) is 0 Å². The molecule has 2 heterocycles. The van der Waals surface area contributed by atoms with Gasteiger partial charge in [0.05, 0.1) is 12.2 Å². The molecule has 0 bridgehead atoms. The van der Waals surface area contributed by atoms with E-state index in [4.69, 9.17) is 15.2 Å². The van der Waals surface area contributed by atoms with Gasteiger partial charge in [-0.1, -0.05) is 6.07 Å². The molecule has 0 radical (unpaired) electrons. The molecule has 0 aliphatic carbocycles. The van der Waals surface area contributed by atoms with Gasteiger partial charge in [0.15, 0.2) is 0 Å². The monoisotopic (exact) mass is 290 g/mol. The second-order valence-corrected chi connectivity index (χ2v) is 6.30. The van der Waals surface area contributed by atoms with Gasteiger partial charge in [-0.3, -0.25) is 0 Å². The summed E-state index contributed by atoms with van der Waals surface area (Å²) in [6, 6.07) is 8.63. The zero-order valence-corrected chi connectivity index (χ0v) is 12.8. The second-order valence-electron chi connectivity index (χ2n) is 6.30. The van der Waals surface area contributed by atoms with Crippen molar-refractivity contribution in [1.82, 2.24) is 0 Å². The summed E-state index contributed by atoms with van der Waals surface area (Å²) in [6.07, 6.45) is 5.15. The molecule has 0 aromatic heterocycles. The van der Waals surface area contributed by atoms with Gasteiger partial charge >= 0.3 is 0 Å². The van der Waals surface area contributed by atoms with E-state index in [1.807, 2.05) is 6.07 Å². The van der Waals surface area contributed by atoms with E-state index in [9.17, 15) is 0 Å². The number of ether oxygens (including phenoxy) is 2. The lowest BCUT2D eigenvalue weighted by Gasteiger charge is -2.32. The van der Waals surface area contributed by atoms with Crippen molar-refractivity contribution in [1.29, 1.82) is 0 Å². The molecule has 1 aromatic carbocycles. The van der Waals surface area contributed by atoms with Crippen molar-refractivity contribution >= 4 is 5.69 Å². The smallest absolute Gasteiger partial charge is 0.121 e. The van der Waals surface area contributed by atoms with Crippen molar-refractivity contribution in [2.24, 2.45) is 5.73 Å². The first-order chi connectivity index (χ1) is 10.2. The van der Waals surface area contributed by atoms with Gasteiger partial charge in [-0.25, -0.2) is 0 Å². The maximum atomic E-state index is 6.07. The zero-order valence-electron chi connectivity index (χ0n) is 12.8. The molecular weight excluding hydrogens is 264 g/mol. The van der Waals surface area contributed by atoms with Crippen LogP contribution in [0.3, 0.4) is 0 Å². The van der Waals surface area contributed by atoms with E-state index in [0.717, 1.165) is 38.1 Å². The zero-order chi connectivity index (χ0) is 14.7. The fourth-order valence-electron chi connectivity index (χ4n) is 3.21. The first-order valence-corrected chi connectivity index (χ1v) is 8.09. The third-order valence-corrected chi connectivity index (χ3v) is 4.40. The predicted octanol–water partition coefficient (Wildman–Crippen LogP) is 2.56. The van der Waals surface area contributed by atoms with Crippen LogP contribution in [0.1, 0.15) is 32.6 Å². The minimum atomic E-state index is 0.243. The summed E-state index contributed by atoms with van der Waals surface area (Å²) in [6.45, 7) is 4.79. The van der Waals surface area contributed by atoms with Crippen molar-refractivity contribution < 1.29 is 9.47 Å². The molecule has 2 N–H and O–H groups in total. The highest BCUT2D eigenvalue weighted by Gasteiger charge is 2.22. The molecule has 3 rings (SSSR count). The van der Waals surface area contributed by atoms with E-state index < -0.39 is 0 Å². The van der Waals surface area contributed by atoms with Gasteiger partial charge in [0.2, 0.25) is 0 Å². The van der Waals surface area contributed by atoms with E-state index in [1.54, 1.807) is 0 Å². The van der Waals surface area contributed by atoms with Crippen molar-refractivity contribution in [3.8, 4) is 5.75 Å². The summed E-state index contributed by atoms with van der Waals surface area (Å²) in [7, 11) is 0. The van der Waals surface area contributed by atoms with Crippen LogP contribution in [-0.2, 0) is 4.74 Å². The van der Waals surface area contributed by atoms with Crippen molar-refractivity contribution in [2.45, 2.75) is 50.9 Å². The predicted molar refractivity (Wildman–Crippen MR) is 84.9 cm³/mol. The Morgan fingerprint density at radius 3 is 3.00 bits per heavy atom. The SMILES string of the molecule is CC1CCC(COc2cccc(N3CCCC(N)C3)c2)O1. The molecule has 2 aliphatic rings. The average molecular weight is 290 g/mol. The molecule has 2 aliphatic heterocycles. The van der Waals surface area contributed by atoms with E-state index >= 15 is 0 Å². The largest absolute Gasteiger partial charge is 0.491 e. The van der Waals surface area contributed by atoms with Gasteiger partial charge in [0.25, 0.3) is 0 Å². The van der Waals surface area contributed by atoms with Crippen molar-refractivity contribution in [2.75, 3.05) is 24.6 Å². The summed E-state index contributed by atoms with van der Waals surface area (Å²) in [5.41, 5.74) is 7.28. The van der Waals surface area contributed by atoms with Gasteiger partial charge in [-0.15, -0.1) is 0 Å². The number of rotatable bonds is 4. The van der Waals surface area contributed by atoms with Crippen LogP contribution < -0.4 is 15.4 Å². The molecule has 1 aromatic rings. The standard InChI is InChI=1S/C17H26N2O2/c1-13-7-8-17(21-13)12-20-16-6-2-5-15(10-16)19-9-3-4-14(18)11-19/h2,5-6,10,13-14,17H,3-4,7-9,11-12,18H2,1H3. The maximum absolute atomic E-state index is 6.07. The fraction of sp³-hybridized carbons (Fsp3) is 0.647. The van der Waals surface area contributed by atoms with Crippen LogP contribution >= 0.6 is 0 Å². The van der Waals surface area contributed by atoms with Crippen LogP contribution in [0, 0.1) is 0 Å². The molecule has 3 unspecified atom stereocenters. The van der Waals surface area contributed by atoms with Crippen molar-refractivity contribution in [3.05, 3.63) is 24.3 Å². The third kappa shape index (κ3) is 3.89. The van der Waals surface area contributed by atoms with Gasteiger partial charge in [0.1, 0.15) is 12.4 Å². The lowest BCUT2D eigenvalue weighted by molar-refractivity contribution is 0.0265. The number of benzene rings is 1. The van der Waals surface area contributed by atoms with Crippen LogP contribution in [0.5, 0.6) is 5.75 Å². The van der Waals surface area contributed by atoms with Crippen LogP contribution in [-0.4, -0.2) is 37.9 Å². The molecule has 0 spiro atoms. The molecule has 116 valence electrons. The highest BCUT2D eigenvalue weighted by atomic mass is 16.5. The second kappa shape index (κ2) is 6.67. The number of hydrogen-bond donors (Lipinski definition) is 1. The Balaban J connectivity index is 1.57. The highest BCUT2D eigenvalue weighted by molar-refractivity contribution is 5.51. The normalized spacial score (nSPS) is 29.6. The summed E-state index contributed by atoms with van der Waals surface area (Å²) >= 11 is 0. The number of nitrogens with zero attached hydrogens (tertiary/aromatic N) is 1. The maximum Gasteiger partial charge on any atom is 0.121 e. The summed E-state index contributed by atoms with van der Waals surface area (Å²) in [5.74, 6) is 0.926. The Labute approximate surface area is 127 Å². The Hall–Kier alpha value is -1.26. The van der Waals surface area contributed by atoms with E-state index in [0.29, 0.717) is 12.7 Å². The molecule has 0 saturated carbocycles. The molecule has 2 saturated heterocycles. The minimum absolute atomic E-state index is 0.243. The number of nitrogens with two attached hydrogens (primary N) is 1. The molecule has 21 heavy (non-hydrogen) atoms. The molecule has 2 fully saturated rings. The first-order valence-electron chi connectivity index (χ1n) is 8.09. The summed E-state index contributed by atoms with van der Waals surface area (Å²) < 4.78 is 11.7. The number of piperidine rings is 1. The third-order valence-electron chi connectivity index (χ3n) is 4.40. The Kier molecular flexibility index (Phi) is 4.66. The molecule has 4 nitrogen and oxygen atoms in total. The van der Waals surface area contributed by atoms with E-state index in [1.165, 1.54) is 12.1 Å². The lowest BCUT2D eigenvalue weighted by atomic mass is 10.1. The molecular formula is C17H26N2O2. The number of anilines is 1. The van der Waals surface area contributed by atoms with Crippen molar-refractivity contribution in [3.63, 3.8) is 0 Å². The summed E-state index contributed by atoms with van der Waals surface area (Å²) in [5, 5.41) is 0. The van der Waals surface area contributed by atoms with Gasteiger partial charge in [-0.05, 0) is 44.7 Å². The Morgan fingerprint density at radius 2 is 2.24 bits per heavy atom. The van der Waals surface area contributed by atoms with Gasteiger partial charge in [-0.2, -0.15) is 0 Å². The first kappa shape index (κ1) is 14.7.